The largest absolute Gasteiger partial charge is 0.356 e. The van der Waals surface area contributed by atoms with Gasteiger partial charge in [0.2, 0.25) is 5.91 Å². The number of carbonyl (C=O) groups excluding carboxylic acids is 1. The Bertz CT molecular complexity index is 561. The molecule has 0 aromatic heterocycles. The van der Waals surface area contributed by atoms with Crippen LogP contribution in [-0.4, -0.2) is 19.7 Å². The van der Waals surface area contributed by atoms with Crippen LogP contribution in [-0.2, 0) is 11.2 Å². The topological polar surface area (TPSA) is 44.7 Å². The first-order chi connectivity index (χ1) is 9.13. The lowest BCUT2D eigenvalue weighted by Gasteiger charge is -2.27. The highest BCUT2D eigenvalue weighted by molar-refractivity contribution is 5.97. The molecule has 0 saturated carbocycles. The number of fused-ring (bicyclic) bond motifs is 1. The van der Waals surface area contributed by atoms with Gasteiger partial charge in [-0.3, -0.25) is 9.79 Å². The summed E-state index contributed by atoms with van der Waals surface area (Å²) in [6.07, 6.45) is 4.63. The summed E-state index contributed by atoms with van der Waals surface area (Å²) in [6, 6.07) is 5.88. The zero-order valence-electron chi connectivity index (χ0n) is 11.0. The summed E-state index contributed by atoms with van der Waals surface area (Å²) >= 11 is 0. The monoisotopic (exact) mass is 255 g/mol. The van der Waals surface area contributed by atoms with Gasteiger partial charge < -0.3 is 10.2 Å². The average molecular weight is 255 g/mol. The molecule has 0 unspecified atom stereocenters. The molecule has 0 spiro atoms. The lowest BCUT2D eigenvalue weighted by Crippen LogP contribution is -2.31. The molecule has 98 valence electrons. The number of allylic oxidation sites excluding steroid dienone is 1. The first-order valence-electron chi connectivity index (χ1n) is 6.10. The fourth-order valence-corrected chi connectivity index (χ4v) is 2.16. The van der Waals surface area contributed by atoms with Crippen molar-refractivity contribution in [1.82, 2.24) is 0 Å². The third-order valence-electron chi connectivity index (χ3n) is 3.15. The molecule has 1 N–H and O–H groups in total. The Morgan fingerprint density at radius 2 is 2.26 bits per heavy atom. The molecule has 0 fully saturated rings. The van der Waals surface area contributed by atoms with Gasteiger partial charge in [0, 0.05) is 36.7 Å². The van der Waals surface area contributed by atoms with Crippen molar-refractivity contribution in [3.8, 4) is 0 Å². The number of rotatable bonds is 4. The third kappa shape index (κ3) is 2.73. The van der Waals surface area contributed by atoms with Crippen LogP contribution in [0.3, 0.4) is 0 Å². The van der Waals surface area contributed by atoms with E-state index in [-0.39, 0.29) is 5.91 Å². The normalized spacial score (nSPS) is 14.4. The van der Waals surface area contributed by atoms with Crippen LogP contribution >= 0.6 is 0 Å². The molecule has 1 aromatic carbocycles. The first kappa shape index (κ1) is 13.1. The van der Waals surface area contributed by atoms with E-state index in [0.717, 1.165) is 29.1 Å². The van der Waals surface area contributed by atoms with Crippen molar-refractivity contribution >= 4 is 24.0 Å². The molecule has 19 heavy (non-hydrogen) atoms. The van der Waals surface area contributed by atoms with Gasteiger partial charge in [0.05, 0.1) is 0 Å². The molecule has 2 rings (SSSR count). The van der Waals surface area contributed by atoms with Gasteiger partial charge in [-0.25, -0.2) is 0 Å². The van der Waals surface area contributed by atoms with Crippen molar-refractivity contribution in [2.45, 2.75) is 12.8 Å². The fourth-order valence-electron chi connectivity index (χ4n) is 2.16. The van der Waals surface area contributed by atoms with E-state index in [1.807, 2.05) is 18.2 Å². The Morgan fingerprint density at radius 1 is 1.47 bits per heavy atom. The van der Waals surface area contributed by atoms with Crippen molar-refractivity contribution in [2.24, 2.45) is 4.99 Å². The second-order valence-electron chi connectivity index (χ2n) is 4.40. The number of hydrogen-bond acceptors (Lipinski definition) is 3. The summed E-state index contributed by atoms with van der Waals surface area (Å²) in [4.78, 5) is 17.0. The molecule has 0 radical (unpaired) electrons. The molecule has 4 nitrogen and oxygen atoms in total. The molecule has 1 aliphatic heterocycles. The molecule has 1 heterocycles. The summed E-state index contributed by atoms with van der Waals surface area (Å²) in [5.41, 5.74) is 3.82. The second-order valence-corrected chi connectivity index (χ2v) is 4.40. The van der Waals surface area contributed by atoms with E-state index in [1.165, 1.54) is 0 Å². The van der Waals surface area contributed by atoms with Crippen LogP contribution in [0, 0.1) is 0 Å². The van der Waals surface area contributed by atoms with Crippen LogP contribution in [0.15, 0.2) is 47.7 Å². The Hall–Kier alpha value is -2.36. The van der Waals surface area contributed by atoms with E-state index in [2.05, 4.69) is 23.6 Å². The number of nitrogens with one attached hydrogen (secondary N) is 1. The molecular weight excluding hydrogens is 238 g/mol. The fraction of sp³-hybridized carbons (Fsp3) is 0.200. The summed E-state index contributed by atoms with van der Waals surface area (Å²) in [5, 5.41) is 3.23. The highest BCUT2D eigenvalue weighted by Crippen LogP contribution is 2.32. The van der Waals surface area contributed by atoms with Gasteiger partial charge in [0.15, 0.2) is 0 Å². The highest BCUT2D eigenvalue weighted by atomic mass is 16.2. The minimum absolute atomic E-state index is 0.152. The summed E-state index contributed by atoms with van der Waals surface area (Å²) in [5.74, 6) is 0.152. The minimum Gasteiger partial charge on any atom is -0.356 e. The number of aliphatic imine (C=N–C) groups is 1. The maximum Gasteiger partial charge on any atom is 0.227 e. The maximum atomic E-state index is 11.7. The van der Waals surface area contributed by atoms with Crippen molar-refractivity contribution in [3.05, 3.63) is 48.3 Å². The number of carbonyl (C=O) groups is 1. The Labute approximate surface area is 113 Å². The Kier molecular flexibility index (Phi) is 3.80. The molecule has 0 aliphatic carbocycles. The van der Waals surface area contributed by atoms with Crippen LogP contribution in [0.25, 0.3) is 0 Å². The van der Waals surface area contributed by atoms with E-state index in [9.17, 15) is 4.79 Å². The SMILES string of the molecule is C=N/C=C\C(=C)Nc1cccc2c1CCC(=O)N2C. The second kappa shape index (κ2) is 5.52. The molecule has 0 bridgehead atoms. The third-order valence-corrected chi connectivity index (χ3v) is 3.15. The van der Waals surface area contributed by atoms with E-state index in [0.29, 0.717) is 6.42 Å². The van der Waals surface area contributed by atoms with Crippen LogP contribution in [0.1, 0.15) is 12.0 Å². The quantitative estimate of drug-likeness (QED) is 0.664. The lowest BCUT2D eigenvalue weighted by atomic mass is 9.99. The van der Waals surface area contributed by atoms with Crippen molar-refractivity contribution in [2.75, 3.05) is 17.3 Å². The van der Waals surface area contributed by atoms with Crippen molar-refractivity contribution in [3.63, 3.8) is 0 Å². The van der Waals surface area contributed by atoms with Gasteiger partial charge in [-0.05, 0) is 36.9 Å². The maximum absolute atomic E-state index is 11.7. The van der Waals surface area contributed by atoms with E-state index >= 15 is 0 Å². The molecule has 1 aliphatic rings. The van der Waals surface area contributed by atoms with E-state index in [1.54, 1.807) is 24.2 Å². The smallest absolute Gasteiger partial charge is 0.227 e. The highest BCUT2D eigenvalue weighted by Gasteiger charge is 2.22. The van der Waals surface area contributed by atoms with Gasteiger partial charge in [0.25, 0.3) is 0 Å². The lowest BCUT2D eigenvalue weighted by molar-refractivity contribution is -0.118. The molecule has 1 aromatic rings. The minimum atomic E-state index is 0.152. The number of nitrogens with zero attached hydrogens (tertiary/aromatic N) is 2. The first-order valence-corrected chi connectivity index (χ1v) is 6.10. The van der Waals surface area contributed by atoms with Gasteiger partial charge >= 0.3 is 0 Å². The summed E-state index contributed by atoms with van der Waals surface area (Å²) < 4.78 is 0. The standard InChI is InChI=1S/C15H17N3O/c1-11(9-10-16-2)17-13-5-4-6-14-12(13)7-8-15(19)18(14)3/h4-6,9-10,17H,1-2,7-8H2,3H3/b10-9-. The Balaban J connectivity index is 2.28. The summed E-state index contributed by atoms with van der Waals surface area (Å²) in [7, 11) is 1.81. The van der Waals surface area contributed by atoms with Gasteiger partial charge in [-0.15, -0.1) is 0 Å². The average Bonchev–Trinajstić information content (AvgIpc) is 2.41. The van der Waals surface area contributed by atoms with E-state index in [4.69, 9.17) is 0 Å². The number of benzene rings is 1. The predicted octanol–water partition coefficient (Wildman–Crippen LogP) is 2.74. The van der Waals surface area contributed by atoms with Crippen LogP contribution < -0.4 is 10.2 Å². The molecule has 4 heteroatoms. The number of amides is 1. The molecule has 0 saturated heterocycles. The number of hydrogen-bond donors (Lipinski definition) is 1. The molecular formula is C15H17N3O. The van der Waals surface area contributed by atoms with E-state index < -0.39 is 0 Å². The van der Waals surface area contributed by atoms with Crippen LogP contribution in [0.5, 0.6) is 0 Å². The number of anilines is 2. The summed E-state index contributed by atoms with van der Waals surface area (Å²) in [6.45, 7) is 7.28. The van der Waals surface area contributed by atoms with Crippen molar-refractivity contribution < 1.29 is 4.79 Å². The molecule has 1 amide bonds. The zero-order chi connectivity index (χ0) is 13.8. The van der Waals surface area contributed by atoms with Gasteiger partial charge in [-0.1, -0.05) is 12.6 Å². The van der Waals surface area contributed by atoms with Crippen molar-refractivity contribution in [1.29, 1.82) is 0 Å². The van der Waals surface area contributed by atoms with Crippen LogP contribution in [0.2, 0.25) is 0 Å². The van der Waals surface area contributed by atoms with Gasteiger partial charge in [-0.2, -0.15) is 0 Å². The van der Waals surface area contributed by atoms with Gasteiger partial charge in [0.1, 0.15) is 0 Å². The zero-order valence-corrected chi connectivity index (χ0v) is 11.0. The predicted molar refractivity (Wildman–Crippen MR) is 79.6 cm³/mol. The Morgan fingerprint density at radius 3 is 3.00 bits per heavy atom. The van der Waals surface area contributed by atoms with Crippen LogP contribution in [0.4, 0.5) is 11.4 Å². The molecule has 0 atom stereocenters.